The molecular formula is C37H43FN6O4S. The summed E-state index contributed by atoms with van der Waals surface area (Å²) in [5.74, 6) is -0.636. The fourth-order valence-corrected chi connectivity index (χ4v) is 7.15. The molecule has 10 nitrogen and oxygen atoms in total. The van der Waals surface area contributed by atoms with Gasteiger partial charge in [0.15, 0.2) is 0 Å². The molecule has 1 aliphatic carbocycles. The van der Waals surface area contributed by atoms with Gasteiger partial charge in [0, 0.05) is 56.2 Å². The monoisotopic (exact) mass is 686 g/mol. The second-order valence-corrected chi connectivity index (χ2v) is 14.2. The van der Waals surface area contributed by atoms with Crippen molar-refractivity contribution < 1.29 is 23.8 Å². The van der Waals surface area contributed by atoms with Crippen molar-refractivity contribution in [1.82, 2.24) is 30.4 Å². The number of carbonyl (C=O) groups is 2. The number of carbonyl (C=O) groups excluding carboxylic acids is 2. The van der Waals surface area contributed by atoms with Crippen LogP contribution in [0.25, 0.3) is 11.1 Å². The van der Waals surface area contributed by atoms with E-state index in [9.17, 15) is 19.1 Å². The quantitative estimate of drug-likeness (QED) is 0.182. The molecule has 6 rings (SSSR count). The van der Waals surface area contributed by atoms with Crippen LogP contribution in [0, 0.1) is 12.7 Å². The summed E-state index contributed by atoms with van der Waals surface area (Å²) in [7, 11) is 0. The number of phenols is 1. The third-order valence-corrected chi connectivity index (χ3v) is 10.1. The molecule has 258 valence electrons. The van der Waals surface area contributed by atoms with E-state index in [0.29, 0.717) is 49.7 Å². The van der Waals surface area contributed by atoms with Gasteiger partial charge < -0.3 is 20.5 Å². The molecule has 3 N–H and O–H groups in total. The van der Waals surface area contributed by atoms with E-state index in [1.54, 1.807) is 17.5 Å². The molecule has 49 heavy (non-hydrogen) atoms. The van der Waals surface area contributed by atoms with Crippen LogP contribution in [0.1, 0.15) is 70.9 Å². The number of nitrogens with one attached hydrogen (secondary N) is 2. The molecule has 0 spiro atoms. The molecule has 0 bridgehead atoms. The highest BCUT2D eigenvalue weighted by Crippen LogP contribution is 2.33. The molecule has 2 amide bonds. The predicted molar refractivity (Wildman–Crippen MR) is 188 cm³/mol. The average molecular weight is 687 g/mol. The van der Waals surface area contributed by atoms with E-state index in [2.05, 4.69) is 44.2 Å². The van der Waals surface area contributed by atoms with Crippen LogP contribution in [0.4, 0.5) is 4.39 Å². The number of benzene rings is 2. The third-order valence-electron chi connectivity index (χ3n) is 9.29. The van der Waals surface area contributed by atoms with Crippen molar-refractivity contribution >= 4 is 23.2 Å². The molecule has 2 aliphatic rings. The van der Waals surface area contributed by atoms with Gasteiger partial charge in [0.25, 0.3) is 11.8 Å². The predicted octanol–water partition coefficient (Wildman–Crippen LogP) is 6.15. The SMILES string of the molecule is Cc1nc(C(=O)NC2CCC(NC(=O)c3cc(F)cnc3Oc3cccc(-c4ccc(O)cc4CN4CCN(C(C)C)CC4)c3)CC2)cs1. The van der Waals surface area contributed by atoms with Crippen LogP contribution in [0.3, 0.4) is 0 Å². The van der Waals surface area contributed by atoms with Crippen LogP contribution in [-0.2, 0) is 6.54 Å². The molecule has 0 radical (unpaired) electrons. The first-order chi connectivity index (χ1) is 23.6. The van der Waals surface area contributed by atoms with Gasteiger partial charge in [0.1, 0.15) is 28.6 Å². The first-order valence-corrected chi connectivity index (χ1v) is 17.7. The number of phenolic OH excluding ortho intramolecular Hbond substituents is 1. The maximum Gasteiger partial charge on any atom is 0.270 e. The number of ether oxygens (including phenoxy) is 1. The molecule has 4 aromatic rings. The van der Waals surface area contributed by atoms with Crippen molar-refractivity contribution in [3.63, 3.8) is 0 Å². The largest absolute Gasteiger partial charge is 0.508 e. The van der Waals surface area contributed by atoms with Crippen LogP contribution in [0.5, 0.6) is 17.4 Å². The molecule has 1 saturated heterocycles. The summed E-state index contributed by atoms with van der Waals surface area (Å²) in [6.45, 7) is 10.9. The van der Waals surface area contributed by atoms with Gasteiger partial charge in [-0.05, 0) is 93.5 Å². The minimum Gasteiger partial charge on any atom is -0.508 e. The lowest BCUT2D eigenvalue weighted by atomic mass is 9.91. The molecule has 0 unspecified atom stereocenters. The summed E-state index contributed by atoms with van der Waals surface area (Å²) >= 11 is 1.44. The number of thiazole rings is 1. The summed E-state index contributed by atoms with van der Waals surface area (Å²) in [5.41, 5.74) is 3.28. The zero-order valence-corrected chi connectivity index (χ0v) is 28.9. The van der Waals surface area contributed by atoms with Gasteiger partial charge in [-0.2, -0.15) is 0 Å². The number of rotatable bonds is 10. The number of hydrogen-bond donors (Lipinski definition) is 3. The maximum atomic E-state index is 14.4. The van der Waals surface area contributed by atoms with Gasteiger partial charge in [-0.15, -0.1) is 11.3 Å². The smallest absolute Gasteiger partial charge is 0.270 e. The third kappa shape index (κ3) is 8.80. The van der Waals surface area contributed by atoms with Crippen LogP contribution >= 0.6 is 11.3 Å². The maximum absolute atomic E-state index is 14.4. The van der Waals surface area contributed by atoms with Gasteiger partial charge in [-0.1, -0.05) is 18.2 Å². The molecule has 2 fully saturated rings. The fraction of sp³-hybridized carbons (Fsp3) is 0.405. The summed E-state index contributed by atoms with van der Waals surface area (Å²) < 4.78 is 20.5. The van der Waals surface area contributed by atoms with E-state index < -0.39 is 11.7 Å². The van der Waals surface area contributed by atoms with Crippen molar-refractivity contribution in [1.29, 1.82) is 0 Å². The molecule has 12 heteroatoms. The van der Waals surface area contributed by atoms with E-state index >= 15 is 0 Å². The van der Waals surface area contributed by atoms with Crippen molar-refractivity contribution in [2.75, 3.05) is 26.2 Å². The highest BCUT2D eigenvalue weighted by atomic mass is 32.1. The Morgan fingerprint density at radius 1 is 1.00 bits per heavy atom. The lowest BCUT2D eigenvalue weighted by Gasteiger charge is -2.37. The van der Waals surface area contributed by atoms with Crippen LogP contribution in [0.2, 0.25) is 0 Å². The molecule has 3 heterocycles. The van der Waals surface area contributed by atoms with Crippen LogP contribution < -0.4 is 15.4 Å². The van der Waals surface area contributed by atoms with Crippen molar-refractivity contribution in [2.45, 2.75) is 71.1 Å². The Kier molecular flexibility index (Phi) is 10.9. The van der Waals surface area contributed by atoms with Gasteiger partial charge in [0.05, 0.1) is 11.2 Å². The molecule has 2 aromatic carbocycles. The second-order valence-electron chi connectivity index (χ2n) is 13.1. The summed E-state index contributed by atoms with van der Waals surface area (Å²) in [4.78, 5) is 39.2. The normalized spacial score (nSPS) is 18.7. The average Bonchev–Trinajstić information content (AvgIpc) is 3.53. The molecule has 1 aliphatic heterocycles. The first kappa shape index (κ1) is 34.5. The van der Waals surface area contributed by atoms with Crippen molar-refractivity contribution in [3.05, 3.63) is 87.8 Å². The van der Waals surface area contributed by atoms with Crippen LogP contribution in [-0.4, -0.2) is 81.0 Å². The Bertz CT molecular complexity index is 1780. The zero-order chi connectivity index (χ0) is 34.5. The summed E-state index contributed by atoms with van der Waals surface area (Å²) in [6.07, 6.45) is 3.76. The standard InChI is InChI=1S/C37H43FN6O4S/c1-23(2)44-15-13-43(14-16-44)21-26-17-30(45)11-12-32(26)25-5-4-6-31(18-25)48-37-33(19-27(38)20-39-37)35(46)41-28-7-9-29(10-8-28)42-36(47)34-22-49-24(3)40-34/h4-6,11-12,17-20,22-23,28-29,45H,7-10,13-16,21H2,1-3H3,(H,41,46)(H,42,47). The highest BCUT2D eigenvalue weighted by molar-refractivity contribution is 7.09. The van der Waals surface area contributed by atoms with E-state index in [-0.39, 0.29) is 35.2 Å². The van der Waals surface area contributed by atoms with Gasteiger partial charge in [-0.3, -0.25) is 19.4 Å². The number of piperazine rings is 1. The Labute approximate surface area is 290 Å². The lowest BCUT2D eigenvalue weighted by Crippen LogP contribution is -2.48. The number of pyridine rings is 1. The number of halogens is 1. The Morgan fingerprint density at radius 2 is 1.71 bits per heavy atom. The van der Waals surface area contributed by atoms with E-state index in [1.165, 1.54) is 11.3 Å². The minimum atomic E-state index is -0.641. The second kappa shape index (κ2) is 15.4. The van der Waals surface area contributed by atoms with Gasteiger partial charge in [0.2, 0.25) is 5.88 Å². The Morgan fingerprint density at radius 3 is 2.39 bits per heavy atom. The van der Waals surface area contributed by atoms with Crippen LogP contribution in [0.15, 0.2) is 60.1 Å². The van der Waals surface area contributed by atoms with Gasteiger partial charge in [-0.25, -0.2) is 14.4 Å². The first-order valence-electron chi connectivity index (χ1n) is 16.9. The van der Waals surface area contributed by atoms with E-state index in [1.807, 2.05) is 37.3 Å². The van der Waals surface area contributed by atoms with E-state index in [4.69, 9.17) is 4.74 Å². The Balaban J connectivity index is 1.11. The van der Waals surface area contributed by atoms with Gasteiger partial charge >= 0.3 is 0 Å². The molecular weight excluding hydrogens is 644 g/mol. The number of nitrogens with zero attached hydrogens (tertiary/aromatic N) is 4. The minimum absolute atomic E-state index is 0.00417. The lowest BCUT2D eigenvalue weighted by molar-refractivity contribution is 0.0888. The topological polar surface area (TPSA) is 120 Å². The number of amides is 2. The number of hydrogen-bond acceptors (Lipinski definition) is 9. The summed E-state index contributed by atoms with van der Waals surface area (Å²) in [5, 5.41) is 19.0. The number of aromatic nitrogens is 2. The van der Waals surface area contributed by atoms with Crippen molar-refractivity contribution in [3.8, 4) is 28.5 Å². The van der Waals surface area contributed by atoms with E-state index in [0.717, 1.165) is 60.1 Å². The van der Waals surface area contributed by atoms with Crippen molar-refractivity contribution in [2.24, 2.45) is 0 Å². The molecule has 2 aromatic heterocycles. The zero-order valence-electron chi connectivity index (χ0n) is 28.1. The number of aromatic hydroxyl groups is 1. The fourth-order valence-electron chi connectivity index (χ4n) is 6.55. The summed E-state index contributed by atoms with van der Waals surface area (Å²) in [6, 6.07) is 14.4. The Hall–Kier alpha value is -4.39. The molecule has 0 atom stereocenters. The molecule has 1 saturated carbocycles. The highest BCUT2D eigenvalue weighted by Gasteiger charge is 2.27. The number of aryl methyl sites for hydroxylation is 1.